The van der Waals surface area contributed by atoms with Crippen LogP contribution in [0.15, 0.2) is 49.8 Å². The minimum atomic E-state index is 0.0480. The molecule has 3 aromatic rings. The minimum Gasteiger partial charge on any atom is -0.254 e. The van der Waals surface area contributed by atoms with E-state index in [1.54, 1.807) is 0 Å². The van der Waals surface area contributed by atoms with Crippen LogP contribution < -0.4 is 0 Å². The summed E-state index contributed by atoms with van der Waals surface area (Å²) in [6, 6.07) is 4.64. The normalized spacial score (nSPS) is 12.5. The fraction of sp³-hybridized carbons (Fsp3) is 0.407. The number of hydrogen-bond donors (Lipinski definition) is 0. The Balaban J connectivity index is 2.48. The van der Waals surface area contributed by atoms with Crippen LogP contribution in [0.5, 0.6) is 0 Å². The molecule has 2 heteroatoms. The molecule has 1 aromatic carbocycles. The fourth-order valence-electron chi connectivity index (χ4n) is 3.82. The van der Waals surface area contributed by atoms with E-state index in [1.807, 2.05) is 24.5 Å². The average Bonchev–Trinajstić information content (AvgIpc) is 2.65. The highest BCUT2D eigenvalue weighted by Gasteiger charge is 2.21. The van der Waals surface area contributed by atoms with Gasteiger partial charge in [0.2, 0.25) is 0 Å². The first-order chi connectivity index (χ1) is 13.6. The second kappa shape index (κ2) is 7.74. The maximum absolute atomic E-state index is 4.92. The highest BCUT2D eigenvalue weighted by atomic mass is 14.7. The number of allylic oxidation sites excluding steroid dienone is 2. The maximum atomic E-state index is 4.92. The van der Waals surface area contributed by atoms with Crippen molar-refractivity contribution < 1.29 is 0 Å². The van der Waals surface area contributed by atoms with E-state index in [-0.39, 0.29) is 10.8 Å². The molecule has 0 bridgehead atoms. The number of aryl methyl sites for hydroxylation is 1. The summed E-state index contributed by atoms with van der Waals surface area (Å²) in [7, 11) is 0. The van der Waals surface area contributed by atoms with Gasteiger partial charge in [-0.15, -0.1) is 13.2 Å². The Morgan fingerprint density at radius 3 is 1.66 bits per heavy atom. The molecule has 0 radical (unpaired) electrons. The Labute approximate surface area is 175 Å². The van der Waals surface area contributed by atoms with E-state index >= 15 is 0 Å². The molecule has 0 atom stereocenters. The van der Waals surface area contributed by atoms with Crippen LogP contribution in [-0.2, 0) is 23.7 Å². The zero-order valence-electron chi connectivity index (χ0n) is 18.9. The van der Waals surface area contributed by atoms with Crippen molar-refractivity contribution in [2.24, 2.45) is 0 Å². The third-order valence-electron chi connectivity index (χ3n) is 5.69. The van der Waals surface area contributed by atoms with Crippen LogP contribution in [0.2, 0.25) is 0 Å². The van der Waals surface area contributed by atoms with Crippen molar-refractivity contribution in [2.45, 2.75) is 71.6 Å². The number of hydrogen-bond acceptors (Lipinski definition) is 2. The number of benzene rings is 1. The summed E-state index contributed by atoms with van der Waals surface area (Å²) < 4.78 is 0. The van der Waals surface area contributed by atoms with Gasteiger partial charge in [0.1, 0.15) is 0 Å². The van der Waals surface area contributed by atoms with E-state index < -0.39 is 0 Å². The summed E-state index contributed by atoms with van der Waals surface area (Å²) in [6.45, 7) is 21.4. The van der Waals surface area contributed by atoms with Crippen LogP contribution >= 0.6 is 0 Å². The molecule has 29 heavy (non-hydrogen) atoms. The molecule has 0 saturated carbocycles. The molecule has 0 aliphatic carbocycles. The van der Waals surface area contributed by atoms with Crippen molar-refractivity contribution in [3.8, 4) is 0 Å². The molecule has 0 aliphatic rings. The van der Waals surface area contributed by atoms with Gasteiger partial charge in [0.15, 0.2) is 0 Å². The van der Waals surface area contributed by atoms with Crippen LogP contribution in [0, 0.1) is 0 Å². The molecule has 2 aromatic heterocycles. The Morgan fingerprint density at radius 1 is 0.759 bits per heavy atom. The highest BCUT2D eigenvalue weighted by Crippen LogP contribution is 2.36. The lowest BCUT2D eigenvalue weighted by Gasteiger charge is -2.23. The fourth-order valence-corrected chi connectivity index (χ4v) is 3.82. The Bertz CT molecular complexity index is 1080. The first kappa shape index (κ1) is 21.2. The molecule has 0 spiro atoms. The molecule has 0 aliphatic heterocycles. The number of nitrogens with zero attached hydrogens (tertiary/aromatic N) is 2. The van der Waals surface area contributed by atoms with E-state index in [0.717, 1.165) is 30.3 Å². The molecular formula is C27H34N2. The zero-order chi connectivity index (χ0) is 21.4. The van der Waals surface area contributed by atoms with Crippen molar-refractivity contribution in [3.05, 3.63) is 72.1 Å². The van der Waals surface area contributed by atoms with E-state index in [4.69, 9.17) is 9.97 Å². The summed E-state index contributed by atoms with van der Waals surface area (Å²) in [5.41, 5.74) is 7.28. The van der Waals surface area contributed by atoms with Crippen molar-refractivity contribution in [1.82, 2.24) is 9.97 Å². The van der Waals surface area contributed by atoms with Gasteiger partial charge < -0.3 is 0 Å². The van der Waals surface area contributed by atoms with E-state index in [9.17, 15) is 0 Å². The van der Waals surface area contributed by atoms with Gasteiger partial charge in [0.25, 0.3) is 0 Å². The molecule has 2 nitrogen and oxygen atoms in total. The lowest BCUT2D eigenvalue weighted by atomic mass is 9.83. The second-order valence-electron chi connectivity index (χ2n) is 10.0. The summed E-state index contributed by atoms with van der Waals surface area (Å²) in [4.78, 5) is 9.84. The molecule has 0 unspecified atom stereocenters. The predicted molar refractivity (Wildman–Crippen MR) is 127 cm³/mol. The van der Waals surface area contributed by atoms with Crippen molar-refractivity contribution in [3.63, 3.8) is 0 Å². The maximum Gasteiger partial charge on any atom is 0.0967 e. The van der Waals surface area contributed by atoms with Gasteiger partial charge in [0.05, 0.1) is 11.0 Å². The molecule has 2 heterocycles. The van der Waals surface area contributed by atoms with Crippen molar-refractivity contribution >= 4 is 21.8 Å². The SMILES string of the molecule is C=CCCc1c(CC=C)c2cc(C(C)(C)C)cnc2c2ncc(C(C)(C)C)cc12. The molecule has 0 fully saturated rings. The van der Waals surface area contributed by atoms with Gasteiger partial charge in [-0.1, -0.05) is 53.7 Å². The Hall–Kier alpha value is -2.48. The molecule has 3 rings (SSSR count). The Kier molecular flexibility index (Phi) is 5.67. The summed E-state index contributed by atoms with van der Waals surface area (Å²) in [6.07, 6.45) is 10.8. The van der Waals surface area contributed by atoms with Crippen LogP contribution in [-0.4, -0.2) is 9.97 Å². The van der Waals surface area contributed by atoms with Gasteiger partial charge in [-0.05, 0) is 64.5 Å². The van der Waals surface area contributed by atoms with Crippen LogP contribution in [0.1, 0.15) is 70.2 Å². The molecule has 0 N–H and O–H groups in total. The zero-order valence-corrected chi connectivity index (χ0v) is 18.9. The quantitative estimate of drug-likeness (QED) is 0.341. The largest absolute Gasteiger partial charge is 0.254 e. The summed E-state index contributed by atoms with van der Waals surface area (Å²) in [5, 5.41) is 2.43. The standard InChI is InChI=1S/C27H34N2/c1-9-11-13-21-20(12-10-2)22-14-18(26(3,4)5)16-28-24(22)25-23(21)15-19(17-29-25)27(6,7)8/h9-10,14-17H,1-2,11-13H2,3-8H3. The van der Waals surface area contributed by atoms with E-state index in [1.165, 1.54) is 33.0 Å². The van der Waals surface area contributed by atoms with Gasteiger partial charge in [-0.25, -0.2) is 0 Å². The average molecular weight is 387 g/mol. The smallest absolute Gasteiger partial charge is 0.0967 e. The summed E-state index contributed by atoms with van der Waals surface area (Å²) in [5.74, 6) is 0. The van der Waals surface area contributed by atoms with Crippen molar-refractivity contribution in [1.29, 1.82) is 0 Å². The number of pyridine rings is 2. The third-order valence-corrected chi connectivity index (χ3v) is 5.69. The van der Waals surface area contributed by atoms with Gasteiger partial charge in [-0.2, -0.15) is 0 Å². The van der Waals surface area contributed by atoms with Gasteiger partial charge in [-0.3, -0.25) is 9.97 Å². The highest BCUT2D eigenvalue weighted by molar-refractivity contribution is 6.07. The molecular weight excluding hydrogens is 352 g/mol. The first-order valence-electron chi connectivity index (χ1n) is 10.5. The van der Waals surface area contributed by atoms with Crippen molar-refractivity contribution in [2.75, 3.05) is 0 Å². The van der Waals surface area contributed by atoms with Gasteiger partial charge in [0, 0.05) is 23.2 Å². The monoisotopic (exact) mass is 386 g/mol. The minimum absolute atomic E-state index is 0.0480. The molecule has 152 valence electrons. The summed E-state index contributed by atoms with van der Waals surface area (Å²) >= 11 is 0. The number of fused-ring (bicyclic) bond motifs is 3. The first-order valence-corrected chi connectivity index (χ1v) is 10.5. The van der Waals surface area contributed by atoms with Gasteiger partial charge >= 0.3 is 0 Å². The van der Waals surface area contributed by atoms with E-state index in [0.29, 0.717) is 0 Å². The third kappa shape index (κ3) is 4.12. The Morgan fingerprint density at radius 2 is 1.24 bits per heavy atom. The van der Waals surface area contributed by atoms with E-state index in [2.05, 4.69) is 66.8 Å². The topological polar surface area (TPSA) is 25.8 Å². The number of aromatic nitrogens is 2. The molecule has 0 saturated heterocycles. The lowest BCUT2D eigenvalue weighted by molar-refractivity contribution is 0.588. The lowest BCUT2D eigenvalue weighted by Crippen LogP contribution is -2.13. The molecule has 0 amide bonds. The second-order valence-corrected chi connectivity index (χ2v) is 10.0. The number of rotatable bonds is 5. The predicted octanol–water partition coefficient (Wildman–Crippen LogP) is 7.23. The van der Waals surface area contributed by atoms with Crippen LogP contribution in [0.25, 0.3) is 21.8 Å². The van der Waals surface area contributed by atoms with Crippen LogP contribution in [0.3, 0.4) is 0 Å². The van der Waals surface area contributed by atoms with Crippen LogP contribution in [0.4, 0.5) is 0 Å².